The van der Waals surface area contributed by atoms with Crippen LogP contribution < -0.4 is 5.32 Å². The topological polar surface area (TPSA) is 42.7 Å². The van der Waals surface area contributed by atoms with E-state index >= 15 is 0 Å². The molecule has 1 N–H and O–H groups in total. The molecule has 1 rings (SSSR count). The molecule has 0 aliphatic carbocycles. The lowest BCUT2D eigenvalue weighted by molar-refractivity contribution is 0.752. The molecule has 0 saturated heterocycles. The highest BCUT2D eigenvalue weighted by atomic mass is 32.2. The average molecular weight is 200 g/mol. The number of rotatable bonds is 5. The van der Waals surface area contributed by atoms with Gasteiger partial charge in [0, 0.05) is 19.3 Å². The molecular weight excluding hydrogens is 184 g/mol. The molecule has 0 radical (unpaired) electrons. The number of hydrogen-bond donors (Lipinski definition) is 1. The molecule has 1 aromatic heterocycles. The van der Waals surface area contributed by atoms with Gasteiger partial charge < -0.3 is 9.88 Å². The van der Waals surface area contributed by atoms with E-state index in [1.54, 1.807) is 11.8 Å². The van der Waals surface area contributed by atoms with Crippen LogP contribution in [0.4, 0.5) is 0 Å². The molecule has 0 fully saturated rings. The predicted octanol–water partition coefficient (Wildman–Crippen LogP) is 0.825. The van der Waals surface area contributed by atoms with Crippen LogP contribution in [-0.4, -0.2) is 33.6 Å². The summed E-state index contributed by atoms with van der Waals surface area (Å²) in [4.78, 5) is 0. The quantitative estimate of drug-likeness (QED) is 0.564. The molecular formula is C8H16N4S. The Labute approximate surface area is 83.1 Å². The van der Waals surface area contributed by atoms with Gasteiger partial charge in [0.1, 0.15) is 5.82 Å². The van der Waals surface area contributed by atoms with Crippen LogP contribution in [0, 0.1) is 6.92 Å². The van der Waals surface area contributed by atoms with Crippen molar-refractivity contribution in [3.8, 4) is 0 Å². The summed E-state index contributed by atoms with van der Waals surface area (Å²) >= 11 is 1.73. The Balaban J connectivity index is 2.32. The first-order valence-corrected chi connectivity index (χ1v) is 5.43. The normalized spacial score (nSPS) is 10.7. The van der Waals surface area contributed by atoms with Crippen LogP contribution in [-0.2, 0) is 7.05 Å². The van der Waals surface area contributed by atoms with Gasteiger partial charge in [0.15, 0.2) is 5.16 Å². The Morgan fingerprint density at radius 2 is 2.23 bits per heavy atom. The van der Waals surface area contributed by atoms with Crippen molar-refractivity contribution in [2.45, 2.75) is 19.0 Å². The maximum absolute atomic E-state index is 4.06. The molecule has 0 amide bonds. The maximum atomic E-state index is 4.06. The Morgan fingerprint density at radius 1 is 1.46 bits per heavy atom. The van der Waals surface area contributed by atoms with E-state index in [2.05, 4.69) is 22.4 Å². The van der Waals surface area contributed by atoms with Gasteiger partial charge in [-0.2, -0.15) is 0 Å². The molecule has 74 valence electrons. The maximum Gasteiger partial charge on any atom is 0.190 e. The summed E-state index contributed by atoms with van der Waals surface area (Å²) < 4.78 is 2.01. The van der Waals surface area contributed by atoms with Crippen molar-refractivity contribution in [2.75, 3.05) is 18.8 Å². The first-order chi connectivity index (χ1) is 6.25. The van der Waals surface area contributed by atoms with Crippen molar-refractivity contribution < 1.29 is 0 Å². The number of thioether (sulfide) groups is 1. The van der Waals surface area contributed by atoms with Gasteiger partial charge in [-0.05, 0) is 13.5 Å². The highest BCUT2D eigenvalue weighted by Crippen LogP contribution is 2.13. The van der Waals surface area contributed by atoms with E-state index < -0.39 is 0 Å². The van der Waals surface area contributed by atoms with E-state index in [0.717, 1.165) is 29.8 Å². The third-order valence-corrected chi connectivity index (χ3v) is 2.83. The molecule has 1 aromatic rings. The van der Waals surface area contributed by atoms with Crippen molar-refractivity contribution >= 4 is 11.8 Å². The zero-order chi connectivity index (χ0) is 9.68. The second-order valence-electron chi connectivity index (χ2n) is 2.79. The third-order valence-electron chi connectivity index (χ3n) is 1.81. The average Bonchev–Trinajstić information content (AvgIpc) is 2.43. The SMILES string of the molecule is CCNCCSc1nnc(C)n1C. The first kappa shape index (κ1) is 10.5. The van der Waals surface area contributed by atoms with Gasteiger partial charge >= 0.3 is 0 Å². The fraction of sp³-hybridized carbons (Fsp3) is 0.750. The van der Waals surface area contributed by atoms with Gasteiger partial charge in [-0.15, -0.1) is 10.2 Å². The molecule has 5 heteroatoms. The molecule has 0 aliphatic heterocycles. The second kappa shape index (κ2) is 5.24. The summed E-state index contributed by atoms with van der Waals surface area (Å²) in [6.45, 7) is 6.12. The fourth-order valence-corrected chi connectivity index (χ4v) is 1.76. The molecule has 1 heterocycles. The van der Waals surface area contributed by atoms with E-state index in [1.807, 2.05) is 18.5 Å². The van der Waals surface area contributed by atoms with E-state index in [-0.39, 0.29) is 0 Å². The largest absolute Gasteiger partial charge is 0.316 e. The van der Waals surface area contributed by atoms with Crippen LogP contribution in [0.1, 0.15) is 12.7 Å². The molecule has 0 bridgehead atoms. The monoisotopic (exact) mass is 200 g/mol. The fourth-order valence-electron chi connectivity index (χ4n) is 0.905. The van der Waals surface area contributed by atoms with E-state index in [4.69, 9.17) is 0 Å². The summed E-state index contributed by atoms with van der Waals surface area (Å²) in [5.74, 6) is 2.01. The summed E-state index contributed by atoms with van der Waals surface area (Å²) in [6, 6.07) is 0. The molecule has 0 atom stereocenters. The number of nitrogens with zero attached hydrogens (tertiary/aromatic N) is 3. The number of aromatic nitrogens is 3. The Kier molecular flexibility index (Phi) is 4.24. The standard InChI is InChI=1S/C8H16N4S/c1-4-9-5-6-13-8-11-10-7(2)12(8)3/h9H,4-6H2,1-3H3. The van der Waals surface area contributed by atoms with Crippen LogP contribution in [0.5, 0.6) is 0 Å². The summed E-state index contributed by atoms with van der Waals surface area (Å²) in [7, 11) is 1.99. The zero-order valence-corrected chi connectivity index (χ0v) is 9.19. The van der Waals surface area contributed by atoms with E-state index in [0.29, 0.717) is 0 Å². The molecule has 0 aliphatic rings. The van der Waals surface area contributed by atoms with E-state index in [9.17, 15) is 0 Å². The minimum atomic E-state index is 0.964. The van der Waals surface area contributed by atoms with Gasteiger partial charge in [-0.1, -0.05) is 18.7 Å². The Hall–Kier alpha value is -0.550. The lowest BCUT2D eigenvalue weighted by Crippen LogP contribution is -2.16. The Morgan fingerprint density at radius 3 is 2.77 bits per heavy atom. The van der Waals surface area contributed by atoms with Crippen molar-refractivity contribution in [2.24, 2.45) is 7.05 Å². The minimum absolute atomic E-state index is 0.964. The summed E-state index contributed by atoms with van der Waals surface area (Å²) in [5, 5.41) is 12.3. The van der Waals surface area contributed by atoms with Gasteiger partial charge in [0.2, 0.25) is 0 Å². The summed E-state index contributed by atoms with van der Waals surface area (Å²) in [6.07, 6.45) is 0. The predicted molar refractivity (Wildman–Crippen MR) is 55.0 cm³/mol. The van der Waals surface area contributed by atoms with Gasteiger partial charge in [-0.3, -0.25) is 0 Å². The van der Waals surface area contributed by atoms with Crippen LogP contribution in [0.15, 0.2) is 5.16 Å². The number of hydrogen-bond acceptors (Lipinski definition) is 4. The molecule has 0 unspecified atom stereocenters. The van der Waals surface area contributed by atoms with Gasteiger partial charge in [0.05, 0.1) is 0 Å². The molecule has 4 nitrogen and oxygen atoms in total. The van der Waals surface area contributed by atoms with Crippen molar-refractivity contribution in [3.63, 3.8) is 0 Å². The van der Waals surface area contributed by atoms with Crippen LogP contribution in [0.25, 0.3) is 0 Å². The lowest BCUT2D eigenvalue weighted by atomic mass is 10.7. The van der Waals surface area contributed by atoms with Crippen LogP contribution in [0.3, 0.4) is 0 Å². The number of nitrogens with one attached hydrogen (secondary N) is 1. The van der Waals surface area contributed by atoms with Crippen molar-refractivity contribution in [3.05, 3.63) is 5.82 Å². The molecule has 0 saturated carbocycles. The van der Waals surface area contributed by atoms with E-state index in [1.165, 1.54) is 0 Å². The molecule has 0 spiro atoms. The second-order valence-corrected chi connectivity index (χ2v) is 3.85. The third kappa shape index (κ3) is 3.00. The lowest BCUT2D eigenvalue weighted by Gasteiger charge is -2.01. The molecule has 0 aromatic carbocycles. The van der Waals surface area contributed by atoms with Crippen molar-refractivity contribution in [1.29, 1.82) is 0 Å². The molecule has 13 heavy (non-hydrogen) atoms. The number of aryl methyl sites for hydroxylation is 1. The Bertz CT molecular complexity index is 259. The van der Waals surface area contributed by atoms with Crippen molar-refractivity contribution in [1.82, 2.24) is 20.1 Å². The van der Waals surface area contributed by atoms with Crippen LogP contribution >= 0.6 is 11.8 Å². The summed E-state index contributed by atoms with van der Waals surface area (Å²) in [5.41, 5.74) is 0. The van der Waals surface area contributed by atoms with Crippen LogP contribution in [0.2, 0.25) is 0 Å². The smallest absolute Gasteiger partial charge is 0.190 e. The van der Waals surface area contributed by atoms with Gasteiger partial charge in [-0.25, -0.2) is 0 Å². The highest BCUT2D eigenvalue weighted by molar-refractivity contribution is 7.99. The zero-order valence-electron chi connectivity index (χ0n) is 8.37. The van der Waals surface area contributed by atoms with Gasteiger partial charge in [0.25, 0.3) is 0 Å². The minimum Gasteiger partial charge on any atom is -0.316 e. The first-order valence-electron chi connectivity index (χ1n) is 4.45. The highest BCUT2D eigenvalue weighted by Gasteiger charge is 2.03.